The van der Waals surface area contributed by atoms with E-state index in [0.717, 1.165) is 0 Å². The molecule has 2 atom stereocenters. The maximum absolute atomic E-state index is 12.1. The average Bonchev–Trinajstić information content (AvgIpc) is 2.45. The van der Waals surface area contributed by atoms with Crippen LogP contribution in [0.5, 0.6) is 0 Å². The lowest BCUT2D eigenvalue weighted by molar-refractivity contribution is -0.384. The maximum Gasteiger partial charge on any atom is 0.269 e. The summed E-state index contributed by atoms with van der Waals surface area (Å²) >= 11 is 3.14. The van der Waals surface area contributed by atoms with Crippen LogP contribution in [0.1, 0.15) is 31.9 Å². The number of non-ortho nitro benzene ring substituents is 1. The van der Waals surface area contributed by atoms with E-state index in [-0.39, 0.29) is 17.9 Å². The molecular formula is C12H16BrNO5S. The van der Waals surface area contributed by atoms with Gasteiger partial charge in [0.1, 0.15) is 6.10 Å². The van der Waals surface area contributed by atoms with Crippen LogP contribution in [-0.4, -0.2) is 27.9 Å². The van der Waals surface area contributed by atoms with Gasteiger partial charge in [-0.25, -0.2) is 8.42 Å². The number of alkyl halides is 1. The van der Waals surface area contributed by atoms with Crippen LogP contribution in [-0.2, 0) is 9.84 Å². The zero-order valence-corrected chi connectivity index (χ0v) is 13.5. The summed E-state index contributed by atoms with van der Waals surface area (Å²) in [4.78, 5) is 10.0. The van der Waals surface area contributed by atoms with Gasteiger partial charge >= 0.3 is 0 Å². The van der Waals surface area contributed by atoms with Crippen LogP contribution < -0.4 is 0 Å². The smallest absolute Gasteiger partial charge is 0.269 e. The minimum absolute atomic E-state index is 0.115. The van der Waals surface area contributed by atoms with Crippen molar-refractivity contribution < 1.29 is 18.4 Å². The summed E-state index contributed by atoms with van der Waals surface area (Å²) in [5.41, 5.74) is 0.197. The van der Waals surface area contributed by atoms with E-state index >= 15 is 0 Å². The number of hydrogen-bond acceptors (Lipinski definition) is 5. The fourth-order valence-electron chi connectivity index (χ4n) is 1.85. The molecule has 0 aliphatic heterocycles. The Hall–Kier alpha value is -0.990. The third kappa shape index (κ3) is 3.02. The van der Waals surface area contributed by atoms with Crippen LogP contribution in [0.4, 0.5) is 5.69 Å². The maximum atomic E-state index is 12.1. The number of nitro groups is 1. The van der Waals surface area contributed by atoms with Gasteiger partial charge in [0.15, 0.2) is 13.5 Å². The first-order valence-corrected chi connectivity index (χ1v) is 8.47. The zero-order chi connectivity index (χ0) is 15.6. The minimum atomic E-state index is -3.55. The number of benzene rings is 1. The summed E-state index contributed by atoms with van der Waals surface area (Å²) in [7, 11) is -3.55. The summed E-state index contributed by atoms with van der Waals surface area (Å²) in [6.07, 6.45) is -1.14. The van der Waals surface area contributed by atoms with Gasteiger partial charge in [0.25, 0.3) is 5.69 Å². The second kappa shape index (κ2) is 6.19. The molecule has 0 saturated heterocycles. The predicted molar refractivity (Wildman–Crippen MR) is 79.5 cm³/mol. The molecule has 112 valence electrons. The van der Waals surface area contributed by atoms with Crippen molar-refractivity contribution in [1.82, 2.24) is 0 Å². The first-order valence-electron chi connectivity index (χ1n) is 6.03. The number of nitro benzene ring substituents is 1. The molecule has 0 heterocycles. The number of nitrogens with zero attached hydrogens (tertiary/aromatic N) is 1. The molecule has 0 aliphatic rings. The van der Waals surface area contributed by atoms with Crippen molar-refractivity contribution in [2.45, 2.75) is 30.0 Å². The van der Waals surface area contributed by atoms with Gasteiger partial charge in [-0.1, -0.05) is 29.8 Å². The first-order chi connectivity index (χ1) is 9.19. The Morgan fingerprint density at radius 1 is 1.35 bits per heavy atom. The van der Waals surface area contributed by atoms with Crippen LogP contribution in [0, 0.1) is 10.1 Å². The second-order valence-corrected chi connectivity index (χ2v) is 8.77. The Kier molecular flexibility index (Phi) is 5.28. The normalized spacial score (nSPS) is 16.4. The Morgan fingerprint density at radius 2 is 1.85 bits per heavy atom. The van der Waals surface area contributed by atoms with Crippen molar-refractivity contribution in [3.05, 3.63) is 39.9 Å². The van der Waals surface area contributed by atoms with E-state index in [1.54, 1.807) is 6.92 Å². The molecule has 0 aliphatic carbocycles. The van der Waals surface area contributed by atoms with E-state index in [4.69, 9.17) is 0 Å². The predicted octanol–water partition coefficient (Wildman–Crippen LogP) is 2.56. The quantitative estimate of drug-likeness (QED) is 0.474. The van der Waals surface area contributed by atoms with Gasteiger partial charge in [0.2, 0.25) is 0 Å². The minimum Gasteiger partial charge on any atom is -0.386 e. The molecule has 0 saturated carbocycles. The van der Waals surface area contributed by atoms with Gasteiger partial charge in [-0.15, -0.1) is 0 Å². The Morgan fingerprint density at radius 3 is 2.20 bits per heavy atom. The second-order valence-electron chi connectivity index (χ2n) is 4.29. The monoisotopic (exact) mass is 365 g/mol. The fraction of sp³-hybridized carbons (Fsp3) is 0.500. The van der Waals surface area contributed by atoms with Crippen LogP contribution in [0.15, 0.2) is 24.3 Å². The lowest BCUT2D eigenvalue weighted by Gasteiger charge is -2.31. The number of aliphatic hydroxyl groups is 1. The molecule has 0 amide bonds. The Bertz CT molecular complexity index is 586. The topological polar surface area (TPSA) is 97.5 Å². The standard InChI is InChI=1S/C12H16BrNO5S/c1-3-12(13,20(18,19)4-2)11(15)9-5-7-10(8-6-9)14(16)17/h5-8,11,15H,3-4H2,1-2H3/t11-,12-/m1/s1. The summed E-state index contributed by atoms with van der Waals surface area (Å²) < 4.78 is 22.8. The highest BCUT2D eigenvalue weighted by Crippen LogP contribution is 2.42. The largest absolute Gasteiger partial charge is 0.386 e. The summed E-state index contributed by atoms with van der Waals surface area (Å²) in [6, 6.07) is 5.19. The van der Waals surface area contributed by atoms with Gasteiger partial charge in [-0.3, -0.25) is 10.1 Å². The molecular weight excluding hydrogens is 350 g/mol. The van der Waals surface area contributed by atoms with Gasteiger partial charge in [0.05, 0.1) is 4.92 Å². The van der Waals surface area contributed by atoms with Crippen LogP contribution in [0.3, 0.4) is 0 Å². The van der Waals surface area contributed by atoms with E-state index < -0.39 is 24.5 Å². The number of aliphatic hydroxyl groups excluding tert-OH is 1. The number of rotatable bonds is 6. The summed E-state index contributed by atoms with van der Waals surface area (Å²) in [6.45, 7) is 3.15. The molecule has 0 unspecified atom stereocenters. The van der Waals surface area contributed by atoms with Gasteiger partial charge < -0.3 is 5.11 Å². The first kappa shape index (κ1) is 17.1. The molecule has 0 fully saturated rings. The SMILES string of the molecule is CC[C@](Br)([C@H](O)c1ccc([N+](=O)[O-])cc1)S(=O)(=O)CC. The van der Waals surface area contributed by atoms with E-state index in [9.17, 15) is 23.6 Å². The van der Waals surface area contributed by atoms with Gasteiger partial charge in [0, 0.05) is 17.9 Å². The Balaban J connectivity index is 3.21. The number of hydrogen-bond donors (Lipinski definition) is 1. The van der Waals surface area contributed by atoms with Gasteiger partial charge in [-0.2, -0.15) is 0 Å². The van der Waals surface area contributed by atoms with Crippen molar-refractivity contribution in [2.24, 2.45) is 0 Å². The molecule has 1 aromatic rings. The van der Waals surface area contributed by atoms with E-state index in [2.05, 4.69) is 15.9 Å². The molecule has 1 rings (SSSR count). The third-order valence-electron chi connectivity index (χ3n) is 3.21. The molecule has 0 aromatic heterocycles. The van der Waals surface area contributed by atoms with Crippen LogP contribution >= 0.6 is 15.9 Å². The van der Waals surface area contributed by atoms with E-state index in [1.165, 1.54) is 31.2 Å². The molecule has 6 nitrogen and oxygen atoms in total. The third-order valence-corrected chi connectivity index (χ3v) is 7.99. The van der Waals surface area contributed by atoms with Crippen molar-refractivity contribution in [3.8, 4) is 0 Å². The summed E-state index contributed by atoms with van der Waals surface area (Å²) in [5, 5.41) is 20.9. The molecule has 0 radical (unpaired) electrons. The molecule has 1 N–H and O–H groups in total. The van der Waals surface area contributed by atoms with Crippen LogP contribution in [0.2, 0.25) is 0 Å². The van der Waals surface area contributed by atoms with Crippen molar-refractivity contribution in [1.29, 1.82) is 0 Å². The zero-order valence-electron chi connectivity index (χ0n) is 11.1. The van der Waals surface area contributed by atoms with Crippen LogP contribution in [0.25, 0.3) is 0 Å². The van der Waals surface area contributed by atoms with Crippen molar-refractivity contribution in [2.75, 3.05) is 5.75 Å². The lowest BCUT2D eigenvalue weighted by atomic mass is 10.0. The lowest BCUT2D eigenvalue weighted by Crippen LogP contribution is -2.39. The summed E-state index contributed by atoms with van der Waals surface area (Å²) in [5.74, 6) is -0.115. The highest BCUT2D eigenvalue weighted by Gasteiger charge is 2.45. The molecule has 1 aromatic carbocycles. The van der Waals surface area contributed by atoms with Gasteiger partial charge in [-0.05, 0) is 24.1 Å². The molecule has 8 heteroatoms. The number of halogens is 1. The molecule has 0 bridgehead atoms. The molecule has 0 spiro atoms. The van der Waals surface area contributed by atoms with Crippen molar-refractivity contribution >= 4 is 31.5 Å². The fourth-order valence-corrected chi connectivity index (χ4v) is 4.20. The van der Waals surface area contributed by atoms with E-state index in [0.29, 0.717) is 5.56 Å². The highest BCUT2D eigenvalue weighted by atomic mass is 79.9. The number of sulfone groups is 1. The van der Waals surface area contributed by atoms with Crippen molar-refractivity contribution in [3.63, 3.8) is 0 Å². The highest BCUT2D eigenvalue weighted by molar-refractivity contribution is 9.11. The molecule has 20 heavy (non-hydrogen) atoms. The van der Waals surface area contributed by atoms with E-state index in [1.807, 2.05) is 0 Å². The average molecular weight is 366 g/mol. The Labute approximate surface area is 126 Å².